The highest BCUT2D eigenvalue weighted by molar-refractivity contribution is 6.23. The van der Waals surface area contributed by atoms with Gasteiger partial charge in [0.05, 0.1) is 28.6 Å². The number of carbonyl (C=O) groups is 4. The maximum Gasteiger partial charge on any atom is 0.262 e. The van der Waals surface area contributed by atoms with Crippen LogP contribution in [0.2, 0.25) is 0 Å². The van der Waals surface area contributed by atoms with E-state index in [4.69, 9.17) is 5.10 Å². The lowest BCUT2D eigenvalue weighted by Crippen LogP contribution is -2.54. The van der Waals surface area contributed by atoms with Crippen LogP contribution in [0.4, 0.5) is 10.1 Å². The molecule has 11 heteroatoms. The number of imide groups is 2. The number of anilines is 1. The Morgan fingerprint density at radius 3 is 2.52 bits per heavy atom. The molecule has 3 aromatic rings. The maximum atomic E-state index is 13.8. The lowest BCUT2D eigenvalue weighted by molar-refractivity contribution is -0.136. The molecule has 4 heterocycles. The largest absolute Gasteiger partial charge is 0.385 e. The summed E-state index contributed by atoms with van der Waals surface area (Å²) in [6.45, 7) is 0.698. The van der Waals surface area contributed by atoms with Crippen LogP contribution in [-0.2, 0) is 9.59 Å². The van der Waals surface area contributed by atoms with Crippen LogP contribution in [0.5, 0.6) is 0 Å². The summed E-state index contributed by atoms with van der Waals surface area (Å²) in [7, 11) is 0. The van der Waals surface area contributed by atoms with E-state index in [0.29, 0.717) is 24.1 Å². The van der Waals surface area contributed by atoms with Crippen LogP contribution in [0.1, 0.15) is 76.9 Å². The summed E-state index contributed by atoms with van der Waals surface area (Å²) in [5.74, 6) is -1.54. The Morgan fingerprint density at radius 2 is 1.77 bits per heavy atom. The van der Waals surface area contributed by atoms with Gasteiger partial charge in [0.1, 0.15) is 11.9 Å². The van der Waals surface area contributed by atoms with Crippen LogP contribution >= 0.6 is 0 Å². The van der Waals surface area contributed by atoms with E-state index in [1.54, 1.807) is 18.2 Å². The summed E-state index contributed by atoms with van der Waals surface area (Å²) in [4.78, 5) is 55.1. The van der Waals surface area contributed by atoms with Gasteiger partial charge in [0.2, 0.25) is 11.8 Å². The molecule has 0 radical (unpaired) electrons. The van der Waals surface area contributed by atoms with Crippen LogP contribution in [0.15, 0.2) is 42.7 Å². The van der Waals surface area contributed by atoms with Crippen molar-refractivity contribution in [3.8, 4) is 11.3 Å². The highest BCUT2D eigenvalue weighted by Crippen LogP contribution is 2.45. The molecule has 7 rings (SSSR count). The van der Waals surface area contributed by atoms with Crippen molar-refractivity contribution in [1.29, 1.82) is 0 Å². The van der Waals surface area contributed by atoms with Crippen LogP contribution < -0.4 is 10.6 Å². The molecule has 0 bridgehead atoms. The van der Waals surface area contributed by atoms with Crippen molar-refractivity contribution in [2.45, 2.75) is 56.5 Å². The normalized spacial score (nSPS) is 24.1. The van der Waals surface area contributed by atoms with Crippen molar-refractivity contribution in [3.63, 3.8) is 0 Å². The first kappa shape index (κ1) is 24.6. The molecule has 4 amide bonds. The molecule has 1 saturated heterocycles. The number of rotatable bonds is 7. The minimum absolute atomic E-state index is 0.0857. The monoisotopic (exact) mass is 542 g/mol. The van der Waals surface area contributed by atoms with E-state index in [-0.39, 0.29) is 35.8 Å². The lowest BCUT2D eigenvalue weighted by atomic mass is 9.80. The summed E-state index contributed by atoms with van der Waals surface area (Å²) in [6.07, 6.45) is 7.75. The fourth-order valence-corrected chi connectivity index (χ4v) is 5.93. The number of hydrogen-bond donors (Lipinski definition) is 2. The highest BCUT2D eigenvalue weighted by atomic mass is 19.1. The number of piperidine rings is 1. The fraction of sp³-hybridized carbons (Fsp3) is 0.379. The van der Waals surface area contributed by atoms with Gasteiger partial charge < -0.3 is 5.32 Å². The average Bonchev–Trinajstić information content (AvgIpc) is 3.62. The second kappa shape index (κ2) is 9.35. The van der Waals surface area contributed by atoms with Gasteiger partial charge in [-0.2, -0.15) is 5.10 Å². The highest BCUT2D eigenvalue weighted by Gasteiger charge is 2.44. The van der Waals surface area contributed by atoms with E-state index < -0.39 is 29.7 Å². The number of halogens is 1. The van der Waals surface area contributed by atoms with Gasteiger partial charge in [0, 0.05) is 48.6 Å². The van der Waals surface area contributed by atoms with E-state index in [9.17, 15) is 23.6 Å². The quantitative estimate of drug-likeness (QED) is 0.438. The number of amides is 4. The molecule has 2 aromatic heterocycles. The molecule has 0 spiro atoms. The topological polar surface area (TPSA) is 126 Å². The second-order valence-corrected chi connectivity index (χ2v) is 11.1. The van der Waals surface area contributed by atoms with Gasteiger partial charge in [-0.25, -0.2) is 4.39 Å². The molecule has 2 aliphatic carbocycles. The molecule has 1 aromatic carbocycles. The van der Waals surface area contributed by atoms with Gasteiger partial charge in [-0.1, -0.05) is 0 Å². The molecular weight excluding hydrogens is 515 g/mol. The fourth-order valence-electron chi connectivity index (χ4n) is 5.93. The smallest absolute Gasteiger partial charge is 0.262 e. The number of fused-ring (bicyclic) bond motifs is 1. The van der Waals surface area contributed by atoms with Crippen molar-refractivity contribution >= 4 is 29.3 Å². The number of nitrogens with one attached hydrogen (secondary N) is 2. The lowest BCUT2D eigenvalue weighted by Gasteiger charge is -2.35. The number of pyridine rings is 1. The number of nitrogens with zero attached hydrogens (tertiary/aromatic N) is 4. The molecule has 2 N–H and O–H groups in total. The zero-order valence-corrected chi connectivity index (χ0v) is 21.6. The predicted molar refractivity (Wildman–Crippen MR) is 141 cm³/mol. The van der Waals surface area contributed by atoms with Gasteiger partial charge >= 0.3 is 0 Å². The van der Waals surface area contributed by atoms with E-state index in [0.717, 1.165) is 47.5 Å². The standard InChI is InChI=1S/C29H27FN6O4/c30-17-7-8-31-23(11-17)22-14-35(34-26(22)16-1-2-16)19-9-15(10-19)13-32-18-3-4-20-21(12-18)29(40)36(28(20)39)24-5-6-25(37)33-27(24)38/h3-4,7-8,11-12,14-16,19,24,32H,1-2,5-6,9-10,13H2,(H,33,37,38). The summed E-state index contributed by atoms with van der Waals surface area (Å²) >= 11 is 0. The van der Waals surface area contributed by atoms with Crippen molar-refractivity contribution in [2.75, 3.05) is 11.9 Å². The first-order valence-corrected chi connectivity index (χ1v) is 13.7. The Bertz CT molecular complexity index is 1570. The van der Waals surface area contributed by atoms with Crippen LogP contribution in [0, 0.1) is 11.7 Å². The number of benzene rings is 1. The number of carbonyl (C=O) groups excluding carboxylic acids is 4. The first-order chi connectivity index (χ1) is 19.4. The molecule has 2 saturated carbocycles. The summed E-state index contributed by atoms with van der Waals surface area (Å²) in [5, 5.41) is 10.5. The SMILES string of the molecule is O=C1CCC(N2C(=O)c3ccc(NCC4CC(n5cc(-c6cc(F)ccn6)c(C6CC6)n5)C4)cc3C2=O)C(=O)N1. The molecule has 10 nitrogen and oxygen atoms in total. The molecule has 3 fully saturated rings. The minimum atomic E-state index is -0.978. The van der Waals surface area contributed by atoms with Gasteiger partial charge in [-0.05, 0) is 62.3 Å². The molecule has 1 atom stereocenters. The Hall–Kier alpha value is -4.41. The third-order valence-corrected chi connectivity index (χ3v) is 8.34. The summed E-state index contributed by atoms with van der Waals surface area (Å²) in [5.41, 5.74) is 3.77. The van der Waals surface area contributed by atoms with E-state index in [1.165, 1.54) is 18.3 Å². The van der Waals surface area contributed by atoms with Crippen LogP contribution in [-0.4, -0.2) is 55.9 Å². The van der Waals surface area contributed by atoms with Gasteiger partial charge in [-0.15, -0.1) is 0 Å². The molecule has 4 aliphatic rings. The van der Waals surface area contributed by atoms with Crippen molar-refractivity contribution in [2.24, 2.45) is 5.92 Å². The predicted octanol–water partition coefficient (Wildman–Crippen LogP) is 3.43. The molecule has 204 valence electrons. The van der Waals surface area contributed by atoms with Crippen LogP contribution in [0.3, 0.4) is 0 Å². The first-order valence-electron chi connectivity index (χ1n) is 13.7. The van der Waals surface area contributed by atoms with E-state index in [1.807, 2.05) is 10.9 Å². The third-order valence-electron chi connectivity index (χ3n) is 8.34. The van der Waals surface area contributed by atoms with Crippen molar-refractivity contribution in [1.82, 2.24) is 25.0 Å². The van der Waals surface area contributed by atoms with Crippen LogP contribution in [0.25, 0.3) is 11.3 Å². The van der Waals surface area contributed by atoms with Crippen molar-refractivity contribution in [3.05, 3.63) is 65.4 Å². The number of hydrogen-bond acceptors (Lipinski definition) is 7. The van der Waals surface area contributed by atoms with E-state index in [2.05, 4.69) is 15.6 Å². The second-order valence-electron chi connectivity index (χ2n) is 11.1. The van der Waals surface area contributed by atoms with E-state index >= 15 is 0 Å². The van der Waals surface area contributed by atoms with Gasteiger partial charge in [-0.3, -0.25) is 39.1 Å². The third kappa shape index (κ3) is 4.25. The average molecular weight is 543 g/mol. The number of aromatic nitrogens is 3. The van der Waals surface area contributed by atoms with Crippen molar-refractivity contribution < 1.29 is 23.6 Å². The Kier molecular flexibility index (Phi) is 5.76. The maximum absolute atomic E-state index is 13.8. The molecule has 1 unspecified atom stereocenters. The van der Waals surface area contributed by atoms with Gasteiger partial charge in [0.15, 0.2) is 0 Å². The molecule has 2 aliphatic heterocycles. The Labute approximate surface area is 228 Å². The Morgan fingerprint density at radius 1 is 0.975 bits per heavy atom. The molecular formula is C29H27FN6O4. The molecule has 40 heavy (non-hydrogen) atoms. The van der Waals surface area contributed by atoms with Gasteiger partial charge in [0.25, 0.3) is 11.8 Å². The summed E-state index contributed by atoms with van der Waals surface area (Å²) < 4.78 is 15.8. The zero-order chi connectivity index (χ0) is 27.5. The minimum Gasteiger partial charge on any atom is -0.385 e. The zero-order valence-electron chi connectivity index (χ0n) is 21.6. The Balaban J connectivity index is 0.989. The summed E-state index contributed by atoms with van der Waals surface area (Å²) in [6, 6.07) is 7.11.